The Morgan fingerprint density at radius 2 is 1.92 bits per heavy atom. The largest absolute Gasteiger partial charge is 0.485 e. The van der Waals surface area contributed by atoms with Crippen LogP contribution >= 0.6 is 0 Å². The molecular formula is C19H17N3O2. The molecule has 5 heteroatoms. The lowest BCUT2D eigenvalue weighted by Crippen LogP contribution is -2.28. The van der Waals surface area contributed by atoms with Gasteiger partial charge in [-0.05, 0) is 24.1 Å². The minimum absolute atomic E-state index is 0.164. The molecule has 1 aliphatic rings. The van der Waals surface area contributed by atoms with Crippen molar-refractivity contribution >= 4 is 5.91 Å². The number of nitrogens with one attached hydrogen (secondary N) is 1. The van der Waals surface area contributed by atoms with E-state index < -0.39 is 0 Å². The van der Waals surface area contributed by atoms with Crippen molar-refractivity contribution in [1.82, 2.24) is 14.9 Å². The van der Waals surface area contributed by atoms with Crippen molar-refractivity contribution in [2.45, 2.75) is 13.0 Å². The molecule has 2 heterocycles. The van der Waals surface area contributed by atoms with Crippen molar-refractivity contribution in [1.29, 1.82) is 0 Å². The zero-order valence-electron chi connectivity index (χ0n) is 13.1. The van der Waals surface area contributed by atoms with Crippen LogP contribution in [0.5, 0.6) is 5.75 Å². The van der Waals surface area contributed by atoms with Gasteiger partial charge < -0.3 is 10.1 Å². The molecule has 2 aromatic carbocycles. The lowest BCUT2D eigenvalue weighted by Gasteiger charge is -2.20. The van der Waals surface area contributed by atoms with Crippen molar-refractivity contribution in [3.05, 3.63) is 77.9 Å². The molecule has 4 rings (SSSR count). The predicted molar refractivity (Wildman–Crippen MR) is 90.4 cm³/mol. The lowest BCUT2D eigenvalue weighted by molar-refractivity contribution is 0.0946. The number of hydrogen-bond donors (Lipinski definition) is 1. The number of benzene rings is 2. The number of fused-ring (bicyclic) bond motifs is 3. The van der Waals surface area contributed by atoms with Gasteiger partial charge in [-0.1, -0.05) is 42.5 Å². The van der Waals surface area contributed by atoms with Gasteiger partial charge >= 0.3 is 0 Å². The zero-order valence-corrected chi connectivity index (χ0v) is 13.1. The highest BCUT2D eigenvalue weighted by Gasteiger charge is 2.24. The van der Waals surface area contributed by atoms with Gasteiger partial charge in [0.1, 0.15) is 18.7 Å². The Labute approximate surface area is 139 Å². The summed E-state index contributed by atoms with van der Waals surface area (Å²) in [6, 6.07) is 17.8. The minimum Gasteiger partial charge on any atom is -0.485 e. The fourth-order valence-corrected chi connectivity index (χ4v) is 2.88. The second-order valence-corrected chi connectivity index (χ2v) is 5.66. The maximum atomic E-state index is 12.4. The van der Waals surface area contributed by atoms with E-state index in [1.165, 1.54) is 5.56 Å². The zero-order chi connectivity index (χ0) is 16.4. The van der Waals surface area contributed by atoms with Crippen molar-refractivity contribution in [3.63, 3.8) is 0 Å². The third kappa shape index (κ3) is 2.65. The van der Waals surface area contributed by atoms with Gasteiger partial charge in [0.2, 0.25) is 0 Å². The Balaban J connectivity index is 1.48. The van der Waals surface area contributed by atoms with E-state index in [2.05, 4.69) is 22.4 Å². The molecule has 0 atom stereocenters. The Morgan fingerprint density at radius 1 is 1.12 bits per heavy atom. The third-order valence-electron chi connectivity index (χ3n) is 4.11. The summed E-state index contributed by atoms with van der Waals surface area (Å²) in [5.41, 5.74) is 3.32. The molecule has 1 amide bonds. The molecule has 0 unspecified atom stereocenters. The van der Waals surface area contributed by atoms with E-state index >= 15 is 0 Å². The maximum Gasteiger partial charge on any atom is 0.271 e. The van der Waals surface area contributed by atoms with Crippen LogP contribution < -0.4 is 10.1 Å². The first-order valence-electron chi connectivity index (χ1n) is 7.93. The monoisotopic (exact) mass is 319 g/mol. The van der Waals surface area contributed by atoms with Crippen LogP contribution in [0.2, 0.25) is 0 Å². The Kier molecular flexibility index (Phi) is 3.75. The number of para-hydroxylation sites is 2. The van der Waals surface area contributed by atoms with Crippen LogP contribution in [0.1, 0.15) is 21.7 Å². The van der Waals surface area contributed by atoms with Crippen molar-refractivity contribution in [2.75, 3.05) is 6.54 Å². The van der Waals surface area contributed by atoms with Crippen molar-refractivity contribution in [2.24, 2.45) is 0 Å². The number of carbonyl (C=O) groups excluding carboxylic acids is 1. The van der Waals surface area contributed by atoms with E-state index in [0.717, 1.165) is 23.6 Å². The summed E-state index contributed by atoms with van der Waals surface area (Å²) in [4.78, 5) is 16.7. The van der Waals surface area contributed by atoms with E-state index in [4.69, 9.17) is 4.74 Å². The topological polar surface area (TPSA) is 56.2 Å². The number of amides is 1. The van der Waals surface area contributed by atoms with E-state index in [0.29, 0.717) is 18.8 Å². The van der Waals surface area contributed by atoms with Gasteiger partial charge in [-0.15, -0.1) is 0 Å². The average molecular weight is 319 g/mol. The number of nitrogens with zero attached hydrogens (tertiary/aromatic N) is 2. The summed E-state index contributed by atoms with van der Waals surface area (Å²) < 4.78 is 7.65. The molecule has 0 fully saturated rings. The van der Waals surface area contributed by atoms with E-state index in [1.807, 2.05) is 47.0 Å². The molecule has 3 aromatic rings. The van der Waals surface area contributed by atoms with Crippen molar-refractivity contribution < 1.29 is 9.53 Å². The van der Waals surface area contributed by atoms with Crippen LogP contribution in [-0.4, -0.2) is 22.0 Å². The number of aromatic nitrogens is 2. The van der Waals surface area contributed by atoms with Gasteiger partial charge in [0.05, 0.1) is 11.4 Å². The first-order chi connectivity index (χ1) is 11.8. The second kappa shape index (κ2) is 6.20. The smallest absolute Gasteiger partial charge is 0.271 e. The summed E-state index contributed by atoms with van der Waals surface area (Å²) in [6.45, 7) is 0.922. The molecule has 5 nitrogen and oxygen atoms in total. The summed E-state index contributed by atoms with van der Waals surface area (Å²) in [7, 11) is 0. The highest BCUT2D eigenvalue weighted by Crippen LogP contribution is 2.30. The molecule has 0 saturated carbocycles. The van der Waals surface area contributed by atoms with Crippen LogP contribution in [0.4, 0.5) is 0 Å². The van der Waals surface area contributed by atoms with E-state index in [1.54, 1.807) is 6.33 Å². The van der Waals surface area contributed by atoms with E-state index in [9.17, 15) is 4.79 Å². The molecule has 24 heavy (non-hydrogen) atoms. The van der Waals surface area contributed by atoms with Crippen LogP contribution in [0.15, 0.2) is 60.9 Å². The number of carbonyl (C=O) groups is 1. The van der Waals surface area contributed by atoms with Gasteiger partial charge in [0.15, 0.2) is 5.69 Å². The first-order valence-corrected chi connectivity index (χ1v) is 7.93. The standard InChI is InChI=1S/C19H17N3O2/c23-19(20-11-10-14-6-2-1-3-7-14)18-16-12-24-17-9-5-4-8-15(17)22(16)13-21-18/h1-9,13H,10-12H2,(H,20,23). The van der Waals surface area contributed by atoms with Gasteiger partial charge in [-0.2, -0.15) is 0 Å². The molecule has 0 spiro atoms. The number of rotatable bonds is 4. The molecule has 1 aromatic heterocycles. The molecule has 0 aliphatic carbocycles. The third-order valence-corrected chi connectivity index (χ3v) is 4.11. The van der Waals surface area contributed by atoms with Crippen molar-refractivity contribution in [3.8, 4) is 11.4 Å². The molecule has 120 valence electrons. The number of imidazole rings is 1. The van der Waals surface area contributed by atoms with Crippen LogP contribution in [0, 0.1) is 0 Å². The summed E-state index contributed by atoms with van der Waals surface area (Å²) >= 11 is 0. The number of ether oxygens (including phenoxy) is 1. The predicted octanol–water partition coefficient (Wildman–Crippen LogP) is 2.74. The Hall–Kier alpha value is -3.08. The molecular weight excluding hydrogens is 302 g/mol. The summed E-state index contributed by atoms with van der Waals surface area (Å²) in [6.07, 6.45) is 2.48. The Bertz CT molecular complexity index is 871. The van der Waals surface area contributed by atoms with Gasteiger partial charge in [-0.25, -0.2) is 4.98 Å². The lowest BCUT2D eigenvalue weighted by atomic mass is 10.1. The SMILES string of the molecule is O=C(NCCc1ccccc1)c1ncn2c1COc1ccccc1-2. The molecule has 0 bridgehead atoms. The normalized spacial score (nSPS) is 12.0. The van der Waals surface area contributed by atoms with Crippen LogP contribution in [0.3, 0.4) is 0 Å². The highest BCUT2D eigenvalue weighted by molar-refractivity contribution is 5.93. The second-order valence-electron chi connectivity index (χ2n) is 5.66. The maximum absolute atomic E-state index is 12.4. The molecule has 1 aliphatic heterocycles. The summed E-state index contributed by atoms with van der Waals surface area (Å²) in [5, 5.41) is 2.94. The summed E-state index contributed by atoms with van der Waals surface area (Å²) in [5.74, 6) is 0.640. The fourth-order valence-electron chi connectivity index (χ4n) is 2.88. The minimum atomic E-state index is -0.164. The molecule has 1 N–H and O–H groups in total. The number of hydrogen-bond acceptors (Lipinski definition) is 3. The quantitative estimate of drug-likeness (QED) is 0.804. The first kappa shape index (κ1) is 14.5. The molecule has 0 saturated heterocycles. The fraction of sp³-hybridized carbons (Fsp3) is 0.158. The van der Waals surface area contributed by atoms with E-state index in [-0.39, 0.29) is 5.91 Å². The van der Waals surface area contributed by atoms with Gasteiger partial charge in [-0.3, -0.25) is 9.36 Å². The van der Waals surface area contributed by atoms with Crippen LogP contribution in [0.25, 0.3) is 5.69 Å². The average Bonchev–Trinajstić information content (AvgIpc) is 3.07. The highest BCUT2D eigenvalue weighted by atomic mass is 16.5. The Morgan fingerprint density at radius 3 is 2.79 bits per heavy atom. The van der Waals surface area contributed by atoms with Gasteiger partial charge in [0, 0.05) is 6.54 Å². The van der Waals surface area contributed by atoms with Gasteiger partial charge in [0.25, 0.3) is 5.91 Å². The molecule has 0 radical (unpaired) electrons. The van der Waals surface area contributed by atoms with Crippen LogP contribution in [-0.2, 0) is 13.0 Å².